The molecule has 6 nitrogen and oxygen atoms in total. The Balaban J connectivity index is 1.55. The molecule has 0 spiro atoms. The summed E-state index contributed by atoms with van der Waals surface area (Å²) in [6, 6.07) is 3.89. The molecule has 2 aliphatic rings. The van der Waals surface area contributed by atoms with Crippen LogP contribution in [0.1, 0.15) is 18.4 Å². The zero-order chi connectivity index (χ0) is 16.2. The van der Waals surface area contributed by atoms with E-state index in [9.17, 15) is 9.59 Å². The molecule has 0 bridgehead atoms. The number of likely N-dealkylation sites (N-methyl/N-ethyl adjacent to an activating group) is 1. The molecule has 23 heavy (non-hydrogen) atoms. The molecular formula is C17H23N3O3. The third-order valence-corrected chi connectivity index (χ3v) is 4.75. The fraction of sp³-hybridized carbons (Fsp3) is 0.588. The second kappa shape index (κ2) is 7.08. The van der Waals surface area contributed by atoms with Crippen molar-refractivity contribution in [1.82, 2.24) is 14.8 Å². The maximum Gasteiger partial charge on any atom is 0.248 e. The van der Waals surface area contributed by atoms with Gasteiger partial charge < -0.3 is 14.5 Å². The van der Waals surface area contributed by atoms with Crippen molar-refractivity contribution < 1.29 is 14.3 Å². The number of pyridine rings is 1. The predicted molar refractivity (Wildman–Crippen MR) is 84.6 cm³/mol. The Kier molecular flexibility index (Phi) is 4.91. The van der Waals surface area contributed by atoms with Crippen LogP contribution in [0.15, 0.2) is 24.5 Å². The molecule has 6 heteroatoms. The van der Waals surface area contributed by atoms with Crippen LogP contribution in [0, 0.1) is 5.92 Å². The van der Waals surface area contributed by atoms with E-state index in [-0.39, 0.29) is 30.4 Å². The van der Waals surface area contributed by atoms with Gasteiger partial charge in [-0.1, -0.05) is 0 Å². The maximum atomic E-state index is 12.5. The van der Waals surface area contributed by atoms with Gasteiger partial charge in [-0.3, -0.25) is 14.6 Å². The van der Waals surface area contributed by atoms with E-state index in [2.05, 4.69) is 4.98 Å². The van der Waals surface area contributed by atoms with Gasteiger partial charge in [-0.2, -0.15) is 0 Å². The highest BCUT2D eigenvalue weighted by Crippen LogP contribution is 2.24. The lowest BCUT2D eigenvalue weighted by Gasteiger charge is -2.37. The smallest absolute Gasteiger partial charge is 0.248 e. The number of rotatable bonds is 3. The van der Waals surface area contributed by atoms with E-state index >= 15 is 0 Å². The summed E-state index contributed by atoms with van der Waals surface area (Å²) in [4.78, 5) is 31.8. The molecule has 2 aliphatic heterocycles. The third-order valence-electron chi connectivity index (χ3n) is 4.75. The molecule has 0 aromatic carbocycles. The van der Waals surface area contributed by atoms with Gasteiger partial charge in [0.05, 0.1) is 6.10 Å². The normalized spacial score (nSPS) is 25.0. The molecule has 3 heterocycles. The molecule has 2 fully saturated rings. The van der Waals surface area contributed by atoms with Gasteiger partial charge in [0.25, 0.3) is 0 Å². The highest BCUT2D eigenvalue weighted by atomic mass is 16.5. The summed E-state index contributed by atoms with van der Waals surface area (Å²) >= 11 is 0. The molecule has 0 saturated carbocycles. The SMILES string of the molecule is CN1C[C@H]2CN(C(=O)CCc3ccncc3)CC[C@@H]2OCC1=O. The number of carbonyl (C=O) groups is 2. The van der Waals surface area contributed by atoms with Crippen molar-refractivity contribution in [3.8, 4) is 0 Å². The largest absolute Gasteiger partial charge is 0.368 e. The Morgan fingerprint density at radius 2 is 2.13 bits per heavy atom. The zero-order valence-corrected chi connectivity index (χ0v) is 13.5. The quantitative estimate of drug-likeness (QED) is 0.824. The maximum absolute atomic E-state index is 12.5. The van der Waals surface area contributed by atoms with Crippen LogP contribution in [0.4, 0.5) is 0 Å². The van der Waals surface area contributed by atoms with Gasteiger partial charge in [0.2, 0.25) is 11.8 Å². The van der Waals surface area contributed by atoms with Crippen molar-refractivity contribution in [1.29, 1.82) is 0 Å². The molecule has 124 valence electrons. The number of aromatic nitrogens is 1. The summed E-state index contributed by atoms with van der Waals surface area (Å²) in [6.07, 6.45) is 5.65. The van der Waals surface area contributed by atoms with E-state index in [0.29, 0.717) is 26.1 Å². The lowest BCUT2D eigenvalue weighted by Crippen LogP contribution is -2.48. The molecule has 2 atom stereocenters. The summed E-state index contributed by atoms with van der Waals surface area (Å²) in [5.74, 6) is 0.415. The summed E-state index contributed by atoms with van der Waals surface area (Å²) < 4.78 is 5.71. The number of aryl methyl sites for hydroxylation is 1. The standard InChI is InChI=1S/C17H23N3O3/c1-19-10-14-11-20(9-6-15(14)23-12-17(19)22)16(21)3-2-13-4-7-18-8-5-13/h4-5,7-8,14-15H,2-3,6,9-12H2,1H3/t14-,15-/m0/s1. The first kappa shape index (κ1) is 15.9. The topological polar surface area (TPSA) is 62.7 Å². The third kappa shape index (κ3) is 3.88. The molecular weight excluding hydrogens is 294 g/mol. The molecule has 0 N–H and O–H groups in total. The molecule has 0 unspecified atom stereocenters. The van der Waals surface area contributed by atoms with Crippen molar-refractivity contribution in [2.45, 2.75) is 25.4 Å². The van der Waals surface area contributed by atoms with E-state index < -0.39 is 0 Å². The van der Waals surface area contributed by atoms with Crippen molar-refractivity contribution in [3.05, 3.63) is 30.1 Å². The van der Waals surface area contributed by atoms with E-state index in [1.165, 1.54) is 0 Å². The molecule has 1 aromatic heterocycles. The number of likely N-dealkylation sites (tertiary alicyclic amines) is 1. The van der Waals surface area contributed by atoms with Gasteiger partial charge in [0.15, 0.2) is 0 Å². The lowest BCUT2D eigenvalue weighted by molar-refractivity contribution is -0.137. The van der Waals surface area contributed by atoms with Crippen molar-refractivity contribution >= 4 is 11.8 Å². The summed E-state index contributed by atoms with van der Waals surface area (Å²) in [6.45, 7) is 2.22. The average molecular weight is 317 g/mol. The fourth-order valence-electron chi connectivity index (χ4n) is 3.33. The van der Waals surface area contributed by atoms with Crippen molar-refractivity contribution in [2.75, 3.05) is 33.3 Å². The Morgan fingerprint density at radius 3 is 2.91 bits per heavy atom. The fourth-order valence-corrected chi connectivity index (χ4v) is 3.33. The highest BCUT2D eigenvalue weighted by molar-refractivity contribution is 5.78. The number of hydrogen-bond acceptors (Lipinski definition) is 4. The van der Waals surface area contributed by atoms with Crippen LogP contribution in [-0.2, 0) is 20.7 Å². The molecule has 0 aliphatic carbocycles. The summed E-state index contributed by atoms with van der Waals surface area (Å²) in [5, 5.41) is 0. The number of amides is 2. The molecule has 0 radical (unpaired) electrons. The predicted octanol–water partition coefficient (Wildman–Crippen LogP) is 0.720. The molecule has 1 aromatic rings. The van der Waals surface area contributed by atoms with Crippen LogP contribution in [0.3, 0.4) is 0 Å². The van der Waals surface area contributed by atoms with Gasteiger partial charge in [-0.05, 0) is 30.5 Å². The molecule has 2 amide bonds. The minimum atomic E-state index is 0.0231. The van der Waals surface area contributed by atoms with E-state index in [1.54, 1.807) is 24.3 Å². The minimum Gasteiger partial charge on any atom is -0.368 e. The van der Waals surface area contributed by atoms with E-state index in [0.717, 1.165) is 18.4 Å². The highest BCUT2D eigenvalue weighted by Gasteiger charge is 2.35. The van der Waals surface area contributed by atoms with Crippen molar-refractivity contribution in [3.63, 3.8) is 0 Å². The number of ether oxygens (including phenoxy) is 1. The van der Waals surface area contributed by atoms with Crippen LogP contribution in [0.2, 0.25) is 0 Å². The summed E-state index contributed by atoms with van der Waals surface area (Å²) in [5.41, 5.74) is 1.13. The molecule has 2 saturated heterocycles. The number of nitrogens with zero attached hydrogens (tertiary/aromatic N) is 3. The van der Waals surface area contributed by atoms with E-state index in [4.69, 9.17) is 4.74 Å². The Morgan fingerprint density at radius 1 is 1.35 bits per heavy atom. The second-order valence-electron chi connectivity index (χ2n) is 6.37. The van der Waals surface area contributed by atoms with Gasteiger partial charge in [0.1, 0.15) is 6.61 Å². The number of hydrogen-bond donors (Lipinski definition) is 0. The first-order chi connectivity index (χ1) is 11.1. The Hall–Kier alpha value is -1.95. The molecule has 3 rings (SSSR count). The number of fused-ring (bicyclic) bond motifs is 1. The van der Waals surface area contributed by atoms with Crippen molar-refractivity contribution in [2.24, 2.45) is 5.92 Å². The monoisotopic (exact) mass is 317 g/mol. The van der Waals surface area contributed by atoms with Gasteiger partial charge in [0, 0.05) is 51.4 Å². The number of carbonyl (C=O) groups excluding carboxylic acids is 2. The average Bonchev–Trinajstić information content (AvgIpc) is 2.72. The summed E-state index contributed by atoms with van der Waals surface area (Å²) in [7, 11) is 1.80. The Bertz CT molecular complexity index is 563. The Labute approximate surface area is 136 Å². The first-order valence-electron chi connectivity index (χ1n) is 8.15. The first-order valence-corrected chi connectivity index (χ1v) is 8.15. The van der Waals surface area contributed by atoms with Crippen LogP contribution in [0.5, 0.6) is 0 Å². The van der Waals surface area contributed by atoms with Crippen LogP contribution in [-0.4, -0.2) is 66.0 Å². The van der Waals surface area contributed by atoms with Crippen LogP contribution < -0.4 is 0 Å². The van der Waals surface area contributed by atoms with Gasteiger partial charge in [-0.15, -0.1) is 0 Å². The minimum absolute atomic E-state index is 0.0231. The second-order valence-corrected chi connectivity index (χ2v) is 6.37. The van der Waals surface area contributed by atoms with Crippen LogP contribution in [0.25, 0.3) is 0 Å². The number of piperidine rings is 1. The zero-order valence-electron chi connectivity index (χ0n) is 13.5. The van der Waals surface area contributed by atoms with Crippen LogP contribution >= 0.6 is 0 Å². The van der Waals surface area contributed by atoms with Gasteiger partial charge >= 0.3 is 0 Å². The lowest BCUT2D eigenvalue weighted by atomic mass is 9.93. The van der Waals surface area contributed by atoms with E-state index in [1.807, 2.05) is 17.0 Å². The van der Waals surface area contributed by atoms with Gasteiger partial charge in [-0.25, -0.2) is 0 Å².